The second-order valence-corrected chi connectivity index (χ2v) is 4.31. The fourth-order valence-corrected chi connectivity index (χ4v) is 1.64. The Hall–Kier alpha value is -0.0600. The summed E-state index contributed by atoms with van der Waals surface area (Å²) in [5, 5.41) is 0.315. The van der Waals surface area contributed by atoms with Crippen molar-refractivity contribution in [3.63, 3.8) is 0 Å². The van der Waals surface area contributed by atoms with Gasteiger partial charge in [-0.15, -0.1) is 11.6 Å². The normalized spacial score (nSPS) is 13.3. The average molecular weight is 244 g/mol. The Morgan fingerprint density at radius 3 is 2.54 bits per heavy atom. The Bertz CT molecular complexity index is 268. The summed E-state index contributed by atoms with van der Waals surface area (Å²) >= 11 is 11.5. The first-order valence-electron chi connectivity index (χ1n) is 3.28. The van der Waals surface area contributed by atoms with Crippen LogP contribution >= 0.6 is 35.0 Å². The van der Waals surface area contributed by atoms with Gasteiger partial charge in [0, 0.05) is 6.20 Å². The topological polar surface area (TPSA) is 12.9 Å². The van der Waals surface area contributed by atoms with Gasteiger partial charge in [0.2, 0.25) is 0 Å². The summed E-state index contributed by atoms with van der Waals surface area (Å²) in [6, 6.07) is 3.08. The number of pyridine rings is 1. The Morgan fingerprint density at radius 1 is 1.38 bits per heavy atom. The molecule has 0 bridgehead atoms. The molecule has 6 heteroatoms. The number of hydrogen-bond donors (Lipinski definition) is 0. The van der Waals surface area contributed by atoms with Gasteiger partial charge < -0.3 is 0 Å². The third-order valence-corrected chi connectivity index (χ3v) is 2.74. The van der Waals surface area contributed by atoms with Crippen molar-refractivity contribution in [2.75, 3.05) is 0 Å². The van der Waals surface area contributed by atoms with Crippen LogP contribution in [0, 0.1) is 0 Å². The molecule has 0 N–H and O–H groups in total. The van der Waals surface area contributed by atoms with E-state index in [0.29, 0.717) is 22.5 Å². The molecule has 1 rings (SSSR count). The number of aromatic nitrogens is 1. The Labute approximate surface area is 88.4 Å². The smallest absolute Gasteiger partial charge is 0.244 e. The molecule has 0 radical (unpaired) electrons. The number of thioether (sulfide) groups is 1. The van der Waals surface area contributed by atoms with Crippen molar-refractivity contribution < 1.29 is 8.78 Å². The lowest BCUT2D eigenvalue weighted by atomic mass is 10.3. The summed E-state index contributed by atoms with van der Waals surface area (Å²) in [4.78, 5) is 3.73. The molecule has 13 heavy (non-hydrogen) atoms. The van der Waals surface area contributed by atoms with E-state index >= 15 is 0 Å². The van der Waals surface area contributed by atoms with E-state index in [4.69, 9.17) is 23.2 Å². The molecule has 0 amide bonds. The zero-order valence-electron chi connectivity index (χ0n) is 6.25. The SMILES string of the molecule is FC(F)SC(Cl)c1ccc(Cl)nc1. The highest BCUT2D eigenvalue weighted by atomic mass is 35.5. The fraction of sp³-hybridized carbons (Fsp3) is 0.286. The molecule has 1 aromatic heterocycles. The van der Waals surface area contributed by atoms with Gasteiger partial charge in [0.25, 0.3) is 5.76 Å². The van der Waals surface area contributed by atoms with Crippen molar-refractivity contribution in [2.45, 2.75) is 10.5 Å². The number of rotatable bonds is 3. The maximum atomic E-state index is 11.9. The highest BCUT2D eigenvalue weighted by molar-refractivity contribution is 8.00. The zero-order chi connectivity index (χ0) is 9.84. The summed E-state index contributed by atoms with van der Waals surface area (Å²) in [6.45, 7) is 0. The van der Waals surface area contributed by atoms with Gasteiger partial charge >= 0.3 is 0 Å². The van der Waals surface area contributed by atoms with Crippen LogP contribution in [0.15, 0.2) is 18.3 Å². The van der Waals surface area contributed by atoms with Gasteiger partial charge in [0.1, 0.15) is 9.86 Å². The zero-order valence-corrected chi connectivity index (χ0v) is 8.58. The van der Waals surface area contributed by atoms with Crippen LogP contribution in [0.3, 0.4) is 0 Å². The molecular weight excluding hydrogens is 239 g/mol. The van der Waals surface area contributed by atoms with Crippen molar-refractivity contribution in [1.82, 2.24) is 4.98 Å². The van der Waals surface area contributed by atoms with Crippen LogP contribution in [0.5, 0.6) is 0 Å². The van der Waals surface area contributed by atoms with E-state index in [1.807, 2.05) is 0 Å². The van der Waals surface area contributed by atoms with E-state index in [-0.39, 0.29) is 0 Å². The highest BCUT2D eigenvalue weighted by Gasteiger charge is 2.14. The van der Waals surface area contributed by atoms with E-state index < -0.39 is 10.5 Å². The molecule has 0 aromatic carbocycles. The summed E-state index contributed by atoms with van der Waals surface area (Å²) in [5.41, 5.74) is 0.524. The van der Waals surface area contributed by atoms with Gasteiger partial charge in [-0.3, -0.25) is 0 Å². The first kappa shape index (κ1) is 11.0. The lowest BCUT2D eigenvalue weighted by molar-refractivity contribution is 0.252. The maximum Gasteiger partial charge on any atom is 0.286 e. The molecule has 0 saturated carbocycles. The Kier molecular flexibility index (Phi) is 4.22. The second kappa shape index (κ2) is 4.98. The molecule has 0 fully saturated rings. The first-order valence-corrected chi connectivity index (χ1v) is 5.04. The lowest BCUT2D eigenvalue weighted by Crippen LogP contribution is -1.90. The third-order valence-electron chi connectivity index (χ3n) is 1.23. The van der Waals surface area contributed by atoms with Crippen LogP contribution < -0.4 is 0 Å². The lowest BCUT2D eigenvalue weighted by Gasteiger charge is -2.07. The van der Waals surface area contributed by atoms with Crippen LogP contribution in [-0.2, 0) is 0 Å². The average Bonchev–Trinajstić information content (AvgIpc) is 2.04. The Balaban J connectivity index is 2.66. The molecule has 0 aliphatic rings. The molecule has 0 aliphatic heterocycles. The molecule has 1 unspecified atom stereocenters. The number of halogens is 4. The minimum Gasteiger partial charge on any atom is -0.244 e. The minimum atomic E-state index is -2.49. The summed E-state index contributed by atoms with van der Waals surface area (Å²) in [5.74, 6) is -2.49. The van der Waals surface area contributed by atoms with Crippen molar-refractivity contribution in [1.29, 1.82) is 0 Å². The largest absolute Gasteiger partial charge is 0.286 e. The van der Waals surface area contributed by atoms with Crippen LogP contribution in [0.1, 0.15) is 10.3 Å². The van der Waals surface area contributed by atoms with Crippen LogP contribution in [-0.4, -0.2) is 10.7 Å². The molecule has 1 nitrogen and oxygen atoms in total. The second-order valence-electron chi connectivity index (χ2n) is 2.13. The first-order chi connectivity index (χ1) is 6.09. The quantitative estimate of drug-likeness (QED) is 0.590. The summed E-state index contributed by atoms with van der Waals surface area (Å²) in [7, 11) is 0. The summed E-state index contributed by atoms with van der Waals surface area (Å²) < 4.78 is 23.0. The van der Waals surface area contributed by atoms with Crippen molar-refractivity contribution >= 4 is 35.0 Å². The van der Waals surface area contributed by atoms with E-state index in [1.165, 1.54) is 12.3 Å². The van der Waals surface area contributed by atoms with E-state index in [0.717, 1.165) is 0 Å². The van der Waals surface area contributed by atoms with E-state index in [9.17, 15) is 8.78 Å². The molecule has 0 saturated heterocycles. The molecule has 0 spiro atoms. The van der Waals surface area contributed by atoms with Gasteiger partial charge in [-0.05, 0) is 11.6 Å². The van der Waals surface area contributed by atoms with E-state index in [2.05, 4.69) is 4.98 Å². The maximum absolute atomic E-state index is 11.9. The van der Waals surface area contributed by atoms with Gasteiger partial charge in [0.05, 0.1) is 0 Å². The predicted octanol–water partition coefficient (Wildman–Crippen LogP) is 3.93. The van der Waals surface area contributed by atoms with Gasteiger partial charge in [-0.1, -0.05) is 29.4 Å². The number of hydrogen-bond acceptors (Lipinski definition) is 2. The van der Waals surface area contributed by atoms with E-state index in [1.54, 1.807) is 6.07 Å². The monoisotopic (exact) mass is 243 g/mol. The summed E-state index contributed by atoms with van der Waals surface area (Å²) in [6.07, 6.45) is 1.38. The molecule has 1 aromatic rings. The molecule has 1 heterocycles. The number of nitrogens with zero attached hydrogens (tertiary/aromatic N) is 1. The molecule has 72 valence electrons. The van der Waals surface area contributed by atoms with Gasteiger partial charge in [0.15, 0.2) is 0 Å². The molecule has 1 atom stereocenters. The van der Waals surface area contributed by atoms with Crippen molar-refractivity contribution in [2.24, 2.45) is 0 Å². The fourth-order valence-electron chi connectivity index (χ4n) is 0.690. The standard InChI is InChI=1S/C7H5Cl2F2NS/c8-5-2-1-4(3-12-5)6(9)13-7(10)11/h1-3,6-7H. The number of alkyl halides is 3. The predicted molar refractivity (Wildman–Crippen MR) is 51.4 cm³/mol. The van der Waals surface area contributed by atoms with Crippen LogP contribution in [0.25, 0.3) is 0 Å². The van der Waals surface area contributed by atoms with Crippen molar-refractivity contribution in [3.8, 4) is 0 Å². The van der Waals surface area contributed by atoms with Gasteiger partial charge in [-0.25, -0.2) is 4.98 Å². The van der Waals surface area contributed by atoms with Crippen LogP contribution in [0.2, 0.25) is 5.15 Å². The van der Waals surface area contributed by atoms with Crippen molar-refractivity contribution in [3.05, 3.63) is 29.0 Å². The molecular formula is C7H5Cl2F2NS. The third kappa shape index (κ3) is 3.67. The highest BCUT2D eigenvalue weighted by Crippen LogP contribution is 2.36. The molecule has 0 aliphatic carbocycles. The van der Waals surface area contributed by atoms with Crippen LogP contribution in [0.4, 0.5) is 8.78 Å². The van der Waals surface area contributed by atoms with Gasteiger partial charge in [-0.2, -0.15) is 8.78 Å². The minimum absolute atomic E-state index is 0.315. The Morgan fingerprint density at radius 2 is 2.08 bits per heavy atom.